The van der Waals surface area contributed by atoms with Crippen LogP contribution in [0.25, 0.3) is 11.0 Å². The first kappa shape index (κ1) is 22.0. The molecule has 174 valence electrons. The molecule has 34 heavy (non-hydrogen) atoms. The third-order valence-corrected chi connectivity index (χ3v) is 6.42. The first-order chi connectivity index (χ1) is 16.7. The third kappa shape index (κ3) is 4.62. The van der Waals surface area contributed by atoms with Gasteiger partial charge in [-0.15, -0.1) is 0 Å². The van der Waals surface area contributed by atoms with Crippen LogP contribution in [0.15, 0.2) is 78.9 Å². The molecule has 1 amide bonds. The van der Waals surface area contributed by atoms with Crippen LogP contribution in [-0.2, 0) is 17.8 Å². The molecule has 4 aromatic rings. The van der Waals surface area contributed by atoms with E-state index < -0.39 is 0 Å². The van der Waals surface area contributed by atoms with E-state index in [1.54, 1.807) is 7.11 Å². The second kappa shape index (κ2) is 10.00. The minimum absolute atomic E-state index is 0.0712. The number of ether oxygens (including phenoxy) is 2. The van der Waals surface area contributed by atoms with Gasteiger partial charge < -0.3 is 18.9 Å². The number of fused-ring (bicyclic) bond motifs is 1. The van der Waals surface area contributed by atoms with E-state index in [9.17, 15) is 4.79 Å². The molecule has 2 heterocycles. The van der Waals surface area contributed by atoms with Crippen LogP contribution in [0.3, 0.4) is 0 Å². The zero-order valence-corrected chi connectivity index (χ0v) is 19.4. The summed E-state index contributed by atoms with van der Waals surface area (Å²) in [6.45, 7) is 2.55. The molecule has 0 aliphatic carbocycles. The Labute approximate surface area is 199 Å². The van der Waals surface area contributed by atoms with Gasteiger partial charge in [-0.25, -0.2) is 4.98 Å². The number of para-hydroxylation sites is 4. The molecule has 3 aromatic carbocycles. The fourth-order valence-corrected chi connectivity index (χ4v) is 4.70. The van der Waals surface area contributed by atoms with Gasteiger partial charge in [0.25, 0.3) is 0 Å². The third-order valence-electron chi connectivity index (χ3n) is 6.42. The van der Waals surface area contributed by atoms with Crippen molar-refractivity contribution in [3.63, 3.8) is 0 Å². The Morgan fingerprint density at radius 3 is 2.47 bits per heavy atom. The lowest BCUT2D eigenvalue weighted by Crippen LogP contribution is -2.27. The summed E-state index contributed by atoms with van der Waals surface area (Å²) < 4.78 is 13.7. The molecule has 5 rings (SSSR count). The molecule has 0 radical (unpaired) electrons. The van der Waals surface area contributed by atoms with Crippen LogP contribution in [0.4, 0.5) is 0 Å². The van der Waals surface area contributed by atoms with Crippen molar-refractivity contribution >= 4 is 16.9 Å². The van der Waals surface area contributed by atoms with E-state index in [1.807, 2.05) is 65.6 Å². The first-order valence-corrected chi connectivity index (χ1v) is 11.8. The molecule has 1 saturated heterocycles. The van der Waals surface area contributed by atoms with Crippen molar-refractivity contribution in [2.45, 2.75) is 25.3 Å². The van der Waals surface area contributed by atoms with Gasteiger partial charge in [0.05, 0.1) is 24.7 Å². The Kier molecular flexibility index (Phi) is 6.47. The summed E-state index contributed by atoms with van der Waals surface area (Å²) in [7, 11) is 1.64. The van der Waals surface area contributed by atoms with E-state index in [4.69, 9.17) is 14.5 Å². The summed E-state index contributed by atoms with van der Waals surface area (Å²) >= 11 is 0. The summed E-state index contributed by atoms with van der Waals surface area (Å²) in [5, 5.41) is 0. The number of aromatic nitrogens is 2. The van der Waals surface area contributed by atoms with Gasteiger partial charge in [-0.05, 0) is 36.2 Å². The molecule has 0 N–H and O–H groups in total. The Bertz CT molecular complexity index is 1270. The molecule has 6 heteroatoms. The average molecular weight is 456 g/mol. The first-order valence-electron chi connectivity index (χ1n) is 11.8. The van der Waals surface area contributed by atoms with E-state index in [0.29, 0.717) is 31.9 Å². The lowest BCUT2D eigenvalue weighted by molar-refractivity contribution is -0.127. The van der Waals surface area contributed by atoms with Gasteiger partial charge in [-0.1, -0.05) is 54.6 Å². The van der Waals surface area contributed by atoms with Crippen LogP contribution >= 0.6 is 0 Å². The van der Waals surface area contributed by atoms with Crippen molar-refractivity contribution in [2.75, 3.05) is 26.8 Å². The molecule has 1 unspecified atom stereocenters. The van der Waals surface area contributed by atoms with Crippen LogP contribution in [-0.4, -0.2) is 47.2 Å². The number of hydrogen-bond acceptors (Lipinski definition) is 4. The number of imidazole rings is 1. The van der Waals surface area contributed by atoms with Crippen LogP contribution in [0, 0.1) is 0 Å². The van der Waals surface area contributed by atoms with E-state index in [2.05, 4.69) is 22.8 Å². The van der Waals surface area contributed by atoms with Crippen molar-refractivity contribution in [2.24, 2.45) is 0 Å². The number of amides is 1. The van der Waals surface area contributed by atoms with Crippen LogP contribution < -0.4 is 9.47 Å². The lowest BCUT2D eigenvalue weighted by atomic mass is 10.1. The normalized spacial score (nSPS) is 15.7. The molecule has 1 aliphatic rings. The smallest absolute Gasteiger partial charge is 0.223 e. The number of benzene rings is 3. The monoisotopic (exact) mass is 455 g/mol. The number of methoxy groups -OCH3 is 1. The number of hydrogen-bond donors (Lipinski definition) is 0. The molecular weight excluding hydrogens is 426 g/mol. The number of carbonyl (C=O) groups is 1. The zero-order chi connectivity index (χ0) is 23.3. The van der Waals surface area contributed by atoms with Crippen LogP contribution in [0.5, 0.6) is 11.5 Å². The van der Waals surface area contributed by atoms with Gasteiger partial charge in [0.1, 0.15) is 12.4 Å². The van der Waals surface area contributed by atoms with Gasteiger partial charge in [-0.2, -0.15) is 0 Å². The molecule has 0 spiro atoms. The Balaban J connectivity index is 1.32. The maximum absolute atomic E-state index is 12.8. The number of rotatable bonds is 9. The molecule has 1 atom stereocenters. The van der Waals surface area contributed by atoms with Crippen LogP contribution in [0.1, 0.15) is 23.7 Å². The topological polar surface area (TPSA) is 56.6 Å². The van der Waals surface area contributed by atoms with E-state index in [1.165, 1.54) is 5.56 Å². The van der Waals surface area contributed by atoms with Crippen molar-refractivity contribution in [3.05, 3.63) is 90.3 Å². The molecule has 0 bridgehead atoms. The molecule has 6 nitrogen and oxygen atoms in total. The van der Waals surface area contributed by atoms with Crippen molar-refractivity contribution in [1.82, 2.24) is 14.5 Å². The fourth-order valence-electron chi connectivity index (χ4n) is 4.70. The van der Waals surface area contributed by atoms with Crippen molar-refractivity contribution in [1.29, 1.82) is 0 Å². The van der Waals surface area contributed by atoms with Gasteiger partial charge in [-0.3, -0.25) is 4.79 Å². The van der Waals surface area contributed by atoms with E-state index in [-0.39, 0.29) is 11.8 Å². The van der Waals surface area contributed by atoms with Gasteiger partial charge in [0.15, 0.2) is 11.5 Å². The number of nitrogens with zero attached hydrogens (tertiary/aromatic N) is 3. The largest absolute Gasteiger partial charge is 0.493 e. The summed E-state index contributed by atoms with van der Waals surface area (Å²) in [4.78, 5) is 19.7. The molecule has 0 saturated carbocycles. The minimum atomic E-state index is 0.0712. The lowest BCUT2D eigenvalue weighted by Gasteiger charge is -2.18. The summed E-state index contributed by atoms with van der Waals surface area (Å²) in [5.41, 5.74) is 3.26. The van der Waals surface area contributed by atoms with Crippen molar-refractivity contribution in [3.8, 4) is 11.5 Å². The standard InChI is InChI=1S/C28H29N3O3/c1-33-25-13-7-8-14-26(25)34-18-17-31-24-12-6-5-11-23(24)29-28(31)22-19-27(32)30(20-22)16-15-21-9-3-2-4-10-21/h2-14,22H,15-20H2,1H3. The zero-order valence-electron chi connectivity index (χ0n) is 19.4. The highest BCUT2D eigenvalue weighted by atomic mass is 16.5. The van der Waals surface area contributed by atoms with E-state index >= 15 is 0 Å². The van der Waals surface area contributed by atoms with Gasteiger partial charge in [0, 0.05) is 25.4 Å². The SMILES string of the molecule is COc1ccccc1OCCn1c(C2CC(=O)N(CCc3ccccc3)C2)nc2ccccc21. The summed E-state index contributed by atoms with van der Waals surface area (Å²) in [6.07, 6.45) is 1.36. The fraction of sp³-hybridized carbons (Fsp3) is 0.286. The van der Waals surface area contributed by atoms with Crippen molar-refractivity contribution < 1.29 is 14.3 Å². The van der Waals surface area contributed by atoms with Crippen LogP contribution in [0.2, 0.25) is 0 Å². The Morgan fingerprint density at radius 1 is 0.912 bits per heavy atom. The highest BCUT2D eigenvalue weighted by molar-refractivity contribution is 5.81. The molecular formula is C28H29N3O3. The Morgan fingerprint density at radius 2 is 1.65 bits per heavy atom. The average Bonchev–Trinajstić information content (AvgIpc) is 3.44. The maximum atomic E-state index is 12.8. The molecule has 1 aliphatic heterocycles. The predicted octanol–water partition coefficient (Wildman–Crippen LogP) is 4.68. The quantitative estimate of drug-likeness (QED) is 0.368. The van der Waals surface area contributed by atoms with E-state index in [0.717, 1.165) is 35.6 Å². The summed E-state index contributed by atoms with van der Waals surface area (Å²) in [5.74, 6) is 2.67. The Hall–Kier alpha value is -3.80. The molecule has 1 fully saturated rings. The number of likely N-dealkylation sites (tertiary alicyclic amines) is 1. The maximum Gasteiger partial charge on any atom is 0.223 e. The second-order valence-corrected chi connectivity index (χ2v) is 8.59. The highest BCUT2D eigenvalue weighted by Gasteiger charge is 2.33. The molecule has 1 aromatic heterocycles. The minimum Gasteiger partial charge on any atom is -0.493 e. The predicted molar refractivity (Wildman–Crippen MR) is 132 cm³/mol. The second-order valence-electron chi connectivity index (χ2n) is 8.59. The summed E-state index contributed by atoms with van der Waals surface area (Å²) in [6, 6.07) is 26.1. The highest BCUT2D eigenvalue weighted by Crippen LogP contribution is 2.31. The van der Waals surface area contributed by atoms with Gasteiger partial charge in [0.2, 0.25) is 5.91 Å². The van der Waals surface area contributed by atoms with Gasteiger partial charge >= 0.3 is 0 Å². The number of carbonyl (C=O) groups excluding carboxylic acids is 1.